The highest BCUT2D eigenvalue weighted by atomic mass is 16.5. The van der Waals surface area contributed by atoms with Crippen LogP contribution < -0.4 is 11.1 Å². The Morgan fingerprint density at radius 2 is 2.00 bits per heavy atom. The Labute approximate surface area is 114 Å². The van der Waals surface area contributed by atoms with Crippen LogP contribution in [0.5, 0.6) is 0 Å². The van der Waals surface area contributed by atoms with Gasteiger partial charge in [0.25, 0.3) is 0 Å². The van der Waals surface area contributed by atoms with Gasteiger partial charge in [0.1, 0.15) is 5.41 Å². The van der Waals surface area contributed by atoms with Crippen molar-refractivity contribution in [1.29, 1.82) is 0 Å². The molecule has 6 heteroatoms. The van der Waals surface area contributed by atoms with Crippen LogP contribution in [0.25, 0.3) is 0 Å². The first-order chi connectivity index (χ1) is 9.03. The summed E-state index contributed by atoms with van der Waals surface area (Å²) >= 11 is 0. The second kappa shape index (κ2) is 6.75. The molecule has 1 aliphatic rings. The average molecular weight is 271 g/mol. The van der Waals surface area contributed by atoms with Gasteiger partial charge in [0.15, 0.2) is 5.84 Å². The van der Waals surface area contributed by atoms with Gasteiger partial charge >= 0.3 is 0 Å². The Hall–Kier alpha value is -1.30. The lowest BCUT2D eigenvalue weighted by molar-refractivity contribution is -0.130. The fourth-order valence-corrected chi connectivity index (χ4v) is 2.52. The Morgan fingerprint density at radius 3 is 2.42 bits per heavy atom. The van der Waals surface area contributed by atoms with Crippen molar-refractivity contribution in [2.45, 2.75) is 58.6 Å². The van der Waals surface area contributed by atoms with E-state index in [1.807, 2.05) is 20.8 Å². The van der Waals surface area contributed by atoms with Crippen molar-refractivity contribution < 1.29 is 14.7 Å². The molecule has 0 atom stereocenters. The van der Waals surface area contributed by atoms with Crippen LogP contribution in [0.15, 0.2) is 5.16 Å². The molecule has 4 N–H and O–H groups in total. The van der Waals surface area contributed by atoms with E-state index < -0.39 is 5.41 Å². The summed E-state index contributed by atoms with van der Waals surface area (Å²) in [5.41, 5.74) is 4.79. The third kappa shape index (κ3) is 3.18. The quantitative estimate of drug-likeness (QED) is 0.281. The average Bonchev–Trinajstić information content (AvgIpc) is 2.38. The van der Waals surface area contributed by atoms with Crippen molar-refractivity contribution in [2.75, 3.05) is 6.61 Å². The smallest absolute Gasteiger partial charge is 0.234 e. The maximum absolute atomic E-state index is 12.4. The van der Waals surface area contributed by atoms with E-state index in [-0.39, 0.29) is 23.9 Å². The van der Waals surface area contributed by atoms with Gasteiger partial charge in [-0.2, -0.15) is 0 Å². The lowest BCUT2D eigenvalue weighted by Gasteiger charge is -2.38. The third-order valence-electron chi connectivity index (χ3n) is 4.07. The molecule has 110 valence electrons. The summed E-state index contributed by atoms with van der Waals surface area (Å²) in [6.07, 6.45) is 2.93. The summed E-state index contributed by atoms with van der Waals surface area (Å²) in [5.74, 6) is -0.177. The number of carbonyl (C=O) groups is 1. The van der Waals surface area contributed by atoms with Crippen LogP contribution in [-0.2, 0) is 9.53 Å². The Bertz CT molecular complexity index is 334. The summed E-state index contributed by atoms with van der Waals surface area (Å²) in [7, 11) is 0. The van der Waals surface area contributed by atoms with E-state index in [1.165, 1.54) is 0 Å². The summed E-state index contributed by atoms with van der Waals surface area (Å²) < 4.78 is 5.46. The molecule has 0 aromatic rings. The first kappa shape index (κ1) is 15.8. The molecule has 1 amide bonds. The number of carbonyl (C=O) groups excluding carboxylic acids is 1. The molecule has 0 heterocycles. The molecule has 0 aliphatic heterocycles. The molecule has 0 saturated heterocycles. The molecule has 1 saturated carbocycles. The van der Waals surface area contributed by atoms with E-state index in [0.717, 1.165) is 12.8 Å². The van der Waals surface area contributed by atoms with E-state index >= 15 is 0 Å². The van der Waals surface area contributed by atoms with Gasteiger partial charge in [-0.25, -0.2) is 0 Å². The van der Waals surface area contributed by atoms with Gasteiger partial charge in [-0.05, 0) is 32.6 Å². The molecule has 0 aromatic heterocycles. The van der Waals surface area contributed by atoms with Crippen molar-refractivity contribution in [3.05, 3.63) is 0 Å². The van der Waals surface area contributed by atoms with E-state index in [9.17, 15) is 4.79 Å². The monoisotopic (exact) mass is 271 g/mol. The third-order valence-corrected chi connectivity index (χ3v) is 4.07. The minimum Gasteiger partial charge on any atom is -0.409 e. The first-order valence-corrected chi connectivity index (χ1v) is 6.94. The van der Waals surface area contributed by atoms with Gasteiger partial charge in [-0.15, -0.1) is 0 Å². The molecule has 0 aromatic carbocycles. The summed E-state index contributed by atoms with van der Waals surface area (Å²) in [5, 5.41) is 14.9. The van der Waals surface area contributed by atoms with Crippen molar-refractivity contribution >= 4 is 11.7 Å². The molecule has 0 bridgehead atoms. The predicted octanol–water partition coefficient (Wildman–Crippen LogP) is 1.22. The highest BCUT2D eigenvalue weighted by Gasteiger charge is 2.42. The molecule has 0 unspecified atom stereocenters. The van der Waals surface area contributed by atoms with Crippen molar-refractivity contribution in [3.8, 4) is 0 Å². The van der Waals surface area contributed by atoms with Gasteiger partial charge < -0.3 is 21.0 Å². The molecule has 0 radical (unpaired) electrons. The molecule has 19 heavy (non-hydrogen) atoms. The van der Waals surface area contributed by atoms with Gasteiger partial charge in [0.05, 0.1) is 6.10 Å². The SMILES string of the molecule is CCOC1CC(NC(=O)C(CC)(CC)C(N)=NO)C1. The predicted molar refractivity (Wildman–Crippen MR) is 73.0 cm³/mol. The number of oxime groups is 1. The molecule has 1 fully saturated rings. The number of amides is 1. The maximum atomic E-state index is 12.4. The zero-order chi connectivity index (χ0) is 14.5. The molecule has 1 aliphatic carbocycles. The fraction of sp³-hybridized carbons (Fsp3) is 0.846. The Balaban J connectivity index is 2.60. The number of nitrogens with two attached hydrogens (primary N) is 1. The van der Waals surface area contributed by atoms with Gasteiger partial charge in [0.2, 0.25) is 5.91 Å². The first-order valence-electron chi connectivity index (χ1n) is 6.94. The number of nitrogens with zero attached hydrogens (tertiary/aromatic N) is 1. The van der Waals surface area contributed by atoms with Crippen molar-refractivity contribution in [1.82, 2.24) is 5.32 Å². The van der Waals surface area contributed by atoms with Crippen molar-refractivity contribution in [3.63, 3.8) is 0 Å². The number of nitrogens with one attached hydrogen (secondary N) is 1. The maximum Gasteiger partial charge on any atom is 0.234 e. The summed E-state index contributed by atoms with van der Waals surface area (Å²) in [6.45, 7) is 6.39. The molecule has 0 spiro atoms. The zero-order valence-corrected chi connectivity index (χ0v) is 12.0. The minimum atomic E-state index is -0.911. The van der Waals surface area contributed by atoms with Crippen LogP contribution in [0.4, 0.5) is 0 Å². The van der Waals surface area contributed by atoms with Crippen LogP contribution >= 0.6 is 0 Å². The summed E-state index contributed by atoms with van der Waals surface area (Å²) in [4.78, 5) is 12.4. The topological polar surface area (TPSA) is 96.9 Å². The fourth-order valence-electron chi connectivity index (χ4n) is 2.52. The second-order valence-corrected chi connectivity index (χ2v) is 4.99. The van der Waals surface area contributed by atoms with Gasteiger partial charge in [-0.1, -0.05) is 19.0 Å². The normalized spacial score (nSPS) is 23.8. The van der Waals surface area contributed by atoms with Gasteiger partial charge in [0, 0.05) is 12.6 Å². The number of rotatable bonds is 7. The van der Waals surface area contributed by atoms with Crippen LogP contribution in [0.2, 0.25) is 0 Å². The van der Waals surface area contributed by atoms with Crippen LogP contribution in [0, 0.1) is 5.41 Å². The highest BCUT2D eigenvalue weighted by Crippen LogP contribution is 2.30. The molecule has 1 rings (SSSR count). The van der Waals surface area contributed by atoms with Crippen LogP contribution in [0.1, 0.15) is 46.5 Å². The standard InChI is InChI=1S/C13H25N3O3/c1-4-13(5-2,11(14)16-18)12(17)15-9-7-10(8-9)19-6-3/h9-10,18H,4-8H2,1-3H3,(H2,14,16)(H,15,17). The van der Waals surface area contributed by atoms with E-state index in [2.05, 4.69) is 10.5 Å². The van der Waals surface area contributed by atoms with E-state index in [4.69, 9.17) is 15.7 Å². The highest BCUT2D eigenvalue weighted by molar-refractivity contribution is 6.06. The number of hydrogen-bond donors (Lipinski definition) is 3. The number of hydrogen-bond acceptors (Lipinski definition) is 4. The minimum absolute atomic E-state index is 0.0179. The van der Waals surface area contributed by atoms with E-state index in [1.54, 1.807) is 0 Å². The Morgan fingerprint density at radius 1 is 1.42 bits per heavy atom. The zero-order valence-electron chi connectivity index (χ0n) is 12.0. The summed E-state index contributed by atoms with van der Waals surface area (Å²) in [6, 6.07) is 0.132. The molecular weight excluding hydrogens is 246 g/mol. The van der Waals surface area contributed by atoms with Crippen LogP contribution in [0.3, 0.4) is 0 Å². The lowest BCUT2D eigenvalue weighted by atomic mass is 9.79. The molecular formula is C13H25N3O3. The lowest BCUT2D eigenvalue weighted by Crippen LogP contribution is -2.55. The molecule has 6 nitrogen and oxygen atoms in total. The van der Waals surface area contributed by atoms with Crippen LogP contribution in [-0.4, -0.2) is 35.7 Å². The van der Waals surface area contributed by atoms with Gasteiger partial charge in [-0.3, -0.25) is 4.79 Å². The number of ether oxygens (including phenoxy) is 1. The van der Waals surface area contributed by atoms with Crippen molar-refractivity contribution in [2.24, 2.45) is 16.3 Å². The number of amidine groups is 1. The largest absolute Gasteiger partial charge is 0.409 e. The second-order valence-electron chi connectivity index (χ2n) is 4.99. The Kier molecular flexibility index (Phi) is 5.60. The van der Waals surface area contributed by atoms with E-state index in [0.29, 0.717) is 19.4 Å².